The van der Waals surface area contributed by atoms with Crippen molar-refractivity contribution in [1.29, 1.82) is 0 Å². The molecule has 7 heteroatoms. The molecule has 0 amide bonds. The Morgan fingerprint density at radius 3 is 2.61 bits per heavy atom. The summed E-state index contributed by atoms with van der Waals surface area (Å²) in [6.45, 7) is 0.711. The maximum absolute atomic E-state index is 12.2. The van der Waals surface area contributed by atoms with Gasteiger partial charge in [-0.3, -0.25) is 0 Å². The molecule has 0 radical (unpaired) electrons. The molecule has 1 aliphatic heterocycles. The van der Waals surface area contributed by atoms with Crippen molar-refractivity contribution in [3.63, 3.8) is 0 Å². The molecular formula is C24H21BrO6. The summed E-state index contributed by atoms with van der Waals surface area (Å²) < 4.78 is 22.4. The number of esters is 2. The predicted octanol–water partition coefficient (Wildman–Crippen LogP) is 4.92. The van der Waals surface area contributed by atoms with Crippen molar-refractivity contribution in [2.45, 2.75) is 18.9 Å². The minimum Gasteiger partial charge on any atom is -0.481 e. The van der Waals surface area contributed by atoms with Crippen LogP contribution in [0.4, 0.5) is 0 Å². The molecule has 1 aliphatic rings. The second kappa shape index (κ2) is 9.94. The van der Waals surface area contributed by atoms with Crippen molar-refractivity contribution in [2.75, 3.05) is 19.8 Å². The number of ether oxygens (including phenoxy) is 4. The summed E-state index contributed by atoms with van der Waals surface area (Å²) in [4.78, 5) is 24.3. The zero-order valence-corrected chi connectivity index (χ0v) is 18.3. The van der Waals surface area contributed by atoms with Gasteiger partial charge in [0.05, 0.1) is 16.1 Å². The van der Waals surface area contributed by atoms with Crippen LogP contribution in [0.5, 0.6) is 11.5 Å². The first-order valence-corrected chi connectivity index (χ1v) is 10.8. The Hall–Kier alpha value is -2.90. The Morgan fingerprint density at radius 2 is 1.84 bits per heavy atom. The van der Waals surface area contributed by atoms with Crippen LogP contribution in [0.1, 0.15) is 23.2 Å². The average molecular weight is 485 g/mol. The number of carbonyl (C=O) groups excluding carboxylic acids is 2. The van der Waals surface area contributed by atoms with E-state index in [1.54, 1.807) is 30.3 Å². The lowest BCUT2D eigenvalue weighted by Crippen LogP contribution is -2.18. The van der Waals surface area contributed by atoms with Crippen molar-refractivity contribution in [1.82, 2.24) is 0 Å². The zero-order chi connectivity index (χ0) is 21.6. The van der Waals surface area contributed by atoms with Crippen molar-refractivity contribution in [2.24, 2.45) is 0 Å². The fourth-order valence-electron chi connectivity index (χ4n) is 3.31. The number of hydrogen-bond acceptors (Lipinski definition) is 6. The third kappa shape index (κ3) is 5.42. The van der Waals surface area contributed by atoms with Crippen molar-refractivity contribution in [3.05, 3.63) is 70.7 Å². The van der Waals surface area contributed by atoms with Crippen LogP contribution in [0.3, 0.4) is 0 Å². The Labute approximate surface area is 188 Å². The van der Waals surface area contributed by atoms with Gasteiger partial charge in [0.1, 0.15) is 18.1 Å². The van der Waals surface area contributed by atoms with E-state index in [4.69, 9.17) is 18.9 Å². The predicted molar refractivity (Wildman–Crippen MR) is 118 cm³/mol. The molecule has 1 saturated heterocycles. The second-order valence-electron chi connectivity index (χ2n) is 7.12. The number of carbonyl (C=O) groups is 2. The topological polar surface area (TPSA) is 71.1 Å². The highest BCUT2D eigenvalue weighted by Gasteiger charge is 2.18. The number of rotatable bonds is 7. The van der Waals surface area contributed by atoms with E-state index in [1.807, 2.05) is 30.3 Å². The average Bonchev–Trinajstić information content (AvgIpc) is 3.31. The van der Waals surface area contributed by atoms with E-state index in [9.17, 15) is 9.59 Å². The Morgan fingerprint density at radius 1 is 1.03 bits per heavy atom. The first kappa shape index (κ1) is 21.3. The highest BCUT2D eigenvalue weighted by atomic mass is 79.9. The summed E-state index contributed by atoms with van der Waals surface area (Å²) in [5, 5.41) is 2.06. The maximum atomic E-state index is 12.2. The molecular weight excluding hydrogens is 464 g/mol. The third-order valence-corrected chi connectivity index (χ3v) is 5.74. The normalized spacial score (nSPS) is 15.6. The van der Waals surface area contributed by atoms with Gasteiger partial charge < -0.3 is 18.9 Å². The molecule has 0 aromatic heterocycles. The lowest BCUT2D eigenvalue weighted by molar-refractivity contribution is -0.136. The van der Waals surface area contributed by atoms with Gasteiger partial charge in [-0.15, -0.1) is 0 Å². The lowest BCUT2D eigenvalue weighted by atomic mass is 10.1. The molecule has 3 aromatic carbocycles. The molecule has 3 aromatic rings. The highest BCUT2D eigenvalue weighted by Crippen LogP contribution is 2.33. The van der Waals surface area contributed by atoms with Gasteiger partial charge in [0.15, 0.2) is 6.61 Å². The molecule has 0 N–H and O–H groups in total. The molecule has 0 saturated carbocycles. The van der Waals surface area contributed by atoms with Gasteiger partial charge in [-0.05, 0) is 69.9 Å². The van der Waals surface area contributed by atoms with E-state index in [0.717, 1.165) is 28.1 Å². The molecule has 1 heterocycles. The number of benzene rings is 3. The van der Waals surface area contributed by atoms with E-state index in [2.05, 4.69) is 15.9 Å². The molecule has 0 bridgehead atoms. The van der Waals surface area contributed by atoms with Gasteiger partial charge in [-0.1, -0.05) is 30.3 Å². The monoisotopic (exact) mass is 484 g/mol. The van der Waals surface area contributed by atoms with Crippen LogP contribution in [0.25, 0.3) is 10.8 Å². The van der Waals surface area contributed by atoms with Crippen LogP contribution in [-0.2, 0) is 14.3 Å². The van der Waals surface area contributed by atoms with E-state index < -0.39 is 11.9 Å². The number of halogens is 1. The molecule has 160 valence electrons. The van der Waals surface area contributed by atoms with Crippen LogP contribution >= 0.6 is 15.9 Å². The van der Waals surface area contributed by atoms with Crippen LogP contribution in [0.15, 0.2) is 65.1 Å². The van der Waals surface area contributed by atoms with E-state index in [-0.39, 0.29) is 19.3 Å². The summed E-state index contributed by atoms with van der Waals surface area (Å²) in [6, 6.07) is 17.8. The van der Waals surface area contributed by atoms with Gasteiger partial charge in [0.25, 0.3) is 0 Å². The zero-order valence-electron chi connectivity index (χ0n) is 16.7. The molecule has 1 unspecified atom stereocenters. The van der Waals surface area contributed by atoms with Crippen molar-refractivity contribution < 1.29 is 28.5 Å². The summed E-state index contributed by atoms with van der Waals surface area (Å²) in [5.41, 5.74) is 0.383. The Balaban J connectivity index is 1.28. The highest BCUT2D eigenvalue weighted by molar-refractivity contribution is 9.10. The lowest BCUT2D eigenvalue weighted by Gasteiger charge is -2.11. The van der Waals surface area contributed by atoms with Gasteiger partial charge in [-0.2, -0.15) is 0 Å². The van der Waals surface area contributed by atoms with Crippen molar-refractivity contribution in [3.8, 4) is 11.5 Å². The SMILES string of the molecule is O=C(COc1ccc2ccccc2c1Br)Oc1ccc(C(=O)OCC2CCCO2)cc1. The maximum Gasteiger partial charge on any atom is 0.349 e. The van der Waals surface area contributed by atoms with Gasteiger partial charge >= 0.3 is 11.9 Å². The second-order valence-corrected chi connectivity index (χ2v) is 7.91. The van der Waals surface area contributed by atoms with Gasteiger partial charge in [-0.25, -0.2) is 9.59 Å². The molecule has 6 nitrogen and oxygen atoms in total. The van der Waals surface area contributed by atoms with Gasteiger partial charge in [0, 0.05) is 6.61 Å². The van der Waals surface area contributed by atoms with Crippen LogP contribution < -0.4 is 9.47 Å². The van der Waals surface area contributed by atoms with E-state index in [1.165, 1.54) is 0 Å². The fourth-order valence-corrected chi connectivity index (χ4v) is 3.92. The van der Waals surface area contributed by atoms with Crippen LogP contribution in [0.2, 0.25) is 0 Å². The first-order chi connectivity index (χ1) is 15.1. The summed E-state index contributed by atoms with van der Waals surface area (Å²) in [5.74, 6) is -0.103. The Bertz CT molecular complexity index is 1070. The minimum absolute atomic E-state index is 0.0215. The molecule has 0 aliphatic carbocycles. The third-order valence-electron chi connectivity index (χ3n) is 4.92. The fraction of sp³-hybridized carbons (Fsp3) is 0.250. The summed E-state index contributed by atoms with van der Waals surface area (Å²) in [7, 11) is 0. The van der Waals surface area contributed by atoms with Crippen molar-refractivity contribution >= 4 is 38.6 Å². The largest absolute Gasteiger partial charge is 0.481 e. The van der Waals surface area contributed by atoms with E-state index in [0.29, 0.717) is 23.7 Å². The molecule has 1 atom stereocenters. The minimum atomic E-state index is -0.547. The quantitative estimate of drug-likeness (QED) is 0.350. The Kier molecular flexibility index (Phi) is 6.84. The number of fused-ring (bicyclic) bond motifs is 1. The molecule has 1 fully saturated rings. The standard InChI is InChI=1S/C24H21BrO6/c25-23-20-6-2-1-4-16(20)9-12-21(23)29-15-22(26)31-18-10-7-17(8-11-18)24(27)30-14-19-5-3-13-28-19/h1-2,4,6-12,19H,3,5,13-15H2. The molecule has 31 heavy (non-hydrogen) atoms. The van der Waals surface area contributed by atoms with Crippen LogP contribution in [-0.4, -0.2) is 37.9 Å². The van der Waals surface area contributed by atoms with Crippen LogP contribution in [0, 0.1) is 0 Å². The number of hydrogen-bond donors (Lipinski definition) is 0. The van der Waals surface area contributed by atoms with Gasteiger partial charge in [0.2, 0.25) is 0 Å². The smallest absolute Gasteiger partial charge is 0.349 e. The summed E-state index contributed by atoms with van der Waals surface area (Å²) >= 11 is 3.53. The van der Waals surface area contributed by atoms with E-state index >= 15 is 0 Å². The first-order valence-electron chi connectivity index (χ1n) is 9.99. The molecule has 0 spiro atoms. The molecule has 4 rings (SSSR count). The summed E-state index contributed by atoms with van der Waals surface area (Å²) in [6.07, 6.45) is 1.87.